The van der Waals surface area contributed by atoms with Crippen LogP contribution >= 0.6 is 0 Å². The van der Waals surface area contributed by atoms with Crippen LogP contribution in [0.4, 0.5) is 0 Å². The SMILES string of the molecule is B/C(=C/CC#CC)CC(C)C. The zero-order chi connectivity index (χ0) is 8.69. The molecule has 0 fully saturated rings. The van der Waals surface area contributed by atoms with Gasteiger partial charge >= 0.3 is 0 Å². The van der Waals surface area contributed by atoms with Gasteiger partial charge in [0.25, 0.3) is 0 Å². The van der Waals surface area contributed by atoms with Crippen LogP contribution in [0.15, 0.2) is 11.5 Å². The lowest BCUT2D eigenvalue weighted by molar-refractivity contribution is 0.656. The Hall–Kier alpha value is -0.635. The molecule has 0 aromatic heterocycles. The summed E-state index contributed by atoms with van der Waals surface area (Å²) >= 11 is 0. The normalized spacial score (nSPS) is 11.1. The number of rotatable bonds is 3. The predicted molar refractivity (Wildman–Crippen MR) is 54.1 cm³/mol. The first kappa shape index (κ1) is 10.4. The van der Waals surface area contributed by atoms with Crippen LogP contribution in [-0.2, 0) is 0 Å². The van der Waals surface area contributed by atoms with Gasteiger partial charge in [-0.3, -0.25) is 0 Å². The lowest BCUT2D eigenvalue weighted by Crippen LogP contribution is -1.90. The van der Waals surface area contributed by atoms with Crippen molar-refractivity contribution < 1.29 is 0 Å². The van der Waals surface area contributed by atoms with Crippen LogP contribution in [0.1, 0.15) is 33.6 Å². The maximum atomic E-state index is 3.03. The summed E-state index contributed by atoms with van der Waals surface area (Å²) in [5, 5.41) is 0. The molecule has 0 aliphatic rings. The summed E-state index contributed by atoms with van der Waals surface area (Å²) in [6, 6.07) is 0. The molecule has 60 valence electrons. The summed E-state index contributed by atoms with van der Waals surface area (Å²) in [5.41, 5.74) is 1.46. The fourth-order valence-corrected chi connectivity index (χ4v) is 1.05. The smallest absolute Gasteiger partial charge is 0.113 e. The molecule has 0 heterocycles. The van der Waals surface area contributed by atoms with E-state index in [2.05, 4.69) is 39.6 Å². The first-order chi connectivity index (χ1) is 5.16. The second-order valence-electron chi connectivity index (χ2n) is 3.28. The van der Waals surface area contributed by atoms with Gasteiger partial charge < -0.3 is 0 Å². The maximum absolute atomic E-state index is 3.03. The van der Waals surface area contributed by atoms with Crippen molar-refractivity contribution >= 4 is 7.85 Å². The molecule has 0 spiro atoms. The van der Waals surface area contributed by atoms with Gasteiger partial charge in [-0.25, -0.2) is 0 Å². The third-order valence-electron chi connectivity index (χ3n) is 1.46. The summed E-state index contributed by atoms with van der Waals surface area (Å²) in [5.74, 6) is 6.67. The molecule has 0 N–H and O–H groups in total. The molecule has 0 rings (SSSR count). The molecule has 0 aromatic rings. The second kappa shape index (κ2) is 6.10. The topological polar surface area (TPSA) is 0 Å². The molecule has 0 atom stereocenters. The monoisotopic (exact) mass is 148 g/mol. The molecule has 0 aliphatic carbocycles. The minimum absolute atomic E-state index is 0.765. The third kappa shape index (κ3) is 7.26. The molecule has 0 amide bonds. The van der Waals surface area contributed by atoms with Gasteiger partial charge in [0.05, 0.1) is 0 Å². The van der Waals surface area contributed by atoms with Crippen molar-refractivity contribution in [3.63, 3.8) is 0 Å². The molecule has 0 radical (unpaired) electrons. The number of allylic oxidation sites excluding steroid dienone is 2. The minimum Gasteiger partial charge on any atom is -0.113 e. The van der Waals surface area contributed by atoms with Crippen molar-refractivity contribution in [2.75, 3.05) is 0 Å². The molecular weight excluding hydrogens is 131 g/mol. The van der Waals surface area contributed by atoms with Gasteiger partial charge in [0.15, 0.2) is 0 Å². The van der Waals surface area contributed by atoms with Crippen LogP contribution in [0.3, 0.4) is 0 Å². The first-order valence-corrected chi connectivity index (χ1v) is 4.22. The molecule has 0 unspecified atom stereocenters. The van der Waals surface area contributed by atoms with Gasteiger partial charge in [-0.2, -0.15) is 0 Å². The van der Waals surface area contributed by atoms with E-state index in [1.54, 1.807) is 0 Å². The van der Waals surface area contributed by atoms with E-state index >= 15 is 0 Å². The number of hydrogen-bond donors (Lipinski definition) is 0. The molecule has 0 nitrogen and oxygen atoms in total. The van der Waals surface area contributed by atoms with E-state index in [0.717, 1.165) is 12.3 Å². The van der Waals surface area contributed by atoms with Gasteiger partial charge in [-0.1, -0.05) is 25.8 Å². The summed E-state index contributed by atoms with van der Waals surface area (Å²) in [4.78, 5) is 0. The quantitative estimate of drug-likeness (QED) is 0.424. The molecule has 0 bridgehead atoms. The van der Waals surface area contributed by atoms with Crippen molar-refractivity contribution in [2.45, 2.75) is 33.6 Å². The van der Waals surface area contributed by atoms with E-state index < -0.39 is 0 Å². The van der Waals surface area contributed by atoms with Crippen LogP contribution in [0.25, 0.3) is 0 Å². The standard InChI is InChI=1S/C10H17B/c1-4-5-6-7-10(11)8-9(2)3/h7,9H,6,8,11H2,1-3H3/b10-7+. The van der Waals surface area contributed by atoms with Crippen molar-refractivity contribution in [2.24, 2.45) is 5.92 Å². The lowest BCUT2D eigenvalue weighted by atomic mass is 9.87. The van der Waals surface area contributed by atoms with Crippen molar-refractivity contribution in [1.29, 1.82) is 0 Å². The van der Waals surface area contributed by atoms with Gasteiger partial charge in [-0.05, 0) is 19.3 Å². The highest BCUT2D eigenvalue weighted by Gasteiger charge is 1.93. The average Bonchev–Trinajstić information content (AvgIpc) is 1.86. The van der Waals surface area contributed by atoms with Crippen molar-refractivity contribution in [3.05, 3.63) is 11.5 Å². The summed E-state index contributed by atoms with van der Waals surface area (Å²) in [6.07, 6.45) is 4.33. The molecule has 11 heavy (non-hydrogen) atoms. The highest BCUT2D eigenvalue weighted by Crippen LogP contribution is 2.07. The Balaban J connectivity index is 3.68. The van der Waals surface area contributed by atoms with E-state index in [4.69, 9.17) is 0 Å². The van der Waals surface area contributed by atoms with Gasteiger partial charge in [0, 0.05) is 6.42 Å². The van der Waals surface area contributed by atoms with Crippen molar-refractivity contribution in [3.8, 4) is 11.8 Å². The van der Waals surface area contributed by atoms with E-state index in [1.807, 2.05) is 6.92 Å². The van der Waals surface area contributed by atoms with Gasteiger partial charge in [0.2, 0.25) is 0 Å². The highest BCUT2D eigenvalue weighted by atomic mass is 14.0. The Morgan fingerprint density at radius 2 is 2.18 bits per heavy atom. The summed E-state index contributed by atoms with van der Waals surface area (Å²) in [7, 11) is 2.18. The molecular formula is C10H17B. The van der Waals surface area contributed by atoms with E-state index in [-0.39, 0.29) is 0 Å². The summed E-state index contributed by atoms with van der Waals surface area (Å²) in [6.45, 7) is 6.36. The Kier molecular flexibility index (Phi) is 5.75. The van der Waals surface area contributed by atoms with Crippen LogP contribution in [0.5, 0.6) is 0 Å². The Morgan fingerprint density at radius 3 is 2.64 bits per heavy atom. The van der Waals surface area contributed by atoms with Crippen LogP contribution in [-0.4, -0.2) is 7.85 Å². The van der Waals surface area contributed by atoms with Gasteiger partial charge in [0.1, 0.15) is 7.85 Å². The minimum atomic E-state index is 0.765. The van der Waals surface area contributed by atoms with E-state index in [0.29, 0.717) is 0 Å². The third-order valence-corrected chi connectivity index (χ3v) is 1.46. The molecule has 0 aliphatic heterocycles. The fourth-order valence-electron chi connectivity index (χ4n) is 1.05. The van der Waals surface area contributed by atoms with Gasteiger partial charge in [-0.15, -0.1) is 11.4 Å². The van der Waals surface area contributed by atoms with Crippen molar-refractivity contribution in [1.82, 2.24) is 0 Å². The molecule has 0 saturated heterocycles. The Labute approximate surface area is 71.5 Å². The zero-order valence-electron chi connectivity index (χ0n) is 8.07. The Bertz CT molecular complexity index is 179. The second-order valence-corrected chi connectivity index (χ2v) is 3.28. The lowest BCUT2D eigenvalue weighted by Gasteiger charge is -2.02. The first-order valence-electron chi connectivity index (χ1n) is 4.22. The highest BCUT2D eigenvalue weighted by molar-refractivity contribution is 6.21. The number of hydrogen-bond acceptors (Lipinski definition) is 0. The molecule has 1 heteroatoms. The largest absolute Gasteiger partial charge is 0.133 e. The average molecular weight is 148 g/mol. The Morgan fingerprint density at radius 1 is 1.55 bits per heavy atom. The van der Waals surface area contributed by atoms with Crippen LogP contribution in [0.2, 0.25) is 0 Å². The predicted octanol–water partition coefficient (Wildman–Crippen LogP) is 1.96. The van der Waals surface area contributed by atoms with E-state index in [9.17, 15) is 0 Å². The van der Waals surface area contributed by atoms with Crippen LogP contribution in [0, 0.1) is 17.8 Å². The fraction of sp³-hybridized carbons (Fsp3) is 0.600. The van der Waals surface area contributed by atoms with E-state index in [1.165, 1.54) is 11.9 Å². The molecule has 0 saturated carbocycles. The molecule has 0 aromatic carbocycles. The summed E-state index contributed by atoms with van der Waals surface area (Å²) < 4.78 is 0. The zero-order valence-corrected chi connectivity index (χ0v) is 8.07. The van der Waals surface area contributed by atoms with Crippen LogP contribution < -0.4 is 0 Å². The maximum Gasteiger partial charge on any atom is 0.133 e.